The van der Waals surface area contributed by atoms with Gasteiger partial charge >= 0.3 is 0 Å². The fourth-order valence-corrected chi connectivity index (χ4v) is 1.76. The van der Waals surface area contributed by atoms with E-state index in [9.17, 15) is 0 Å². The number of hydrogen-bond acceptors (Lipinski definition) is 2. The van der Waals surface area contributed by atoms with Crippen LogP contribution in [-0.4, -0.2) is 9.97 Å². The summed E-state index contributed by atoms with van der Waals surface area (Å²) in [5.41, 5.74) is 1.38. The molecule has 1 heterocycles. The monoisotopic (exact) mass is 160 g/mol. The van der Waals surface area contributed by atoms with E-state index in [0.717, 1.165) is 11.8 Å². The van der Waals surface area contributed by atoms with Crippen molar-refractivity contribution in [3.8, 4) is 0 Å². The maximum atomic E-state index is 4.26. The third-order valence-electron chi connectivity index (χ3n) is 2.24. The lowest BCUT2D eigenvalue weighted by atomic mass is 9.96. The van der Waals surface area contributed by atoms with Crippen molar-refractivity contribution in [2.24, 2.45) is 5.92 Å². The molecule has 1 atom stereocenters. The highest BCUT2D eigenvalue weighted by atomic mass is 14.8. The van der Waals surface area contributed by atoms with Crippen molar-refractivity contribution < 1.29 is 0 Å². The van der Waals surface area contributed by atoms with Crippen LogP contribution in [0.3, 0.4) is 0 Å². The van der Waals surface area contributed by atoms with E-state index in [1.807, 2.05) is 6.20 Å². The second kappa shape index (κ2) is 2.70. The molecule has 2 heteroatoms. The van der Waals surface area contributed by atoms with Crippen LogP contribution in [0, 0.1) is 5.92 Å². The molecule has 2 nitrogen and oxygen atoms in total. The van der Waals surface area contributed by atoms with Gasteiger partial charge < -0.3 is 0 Å². The van der Waals surface area contributed by atoms with E-state index in [4.69, 9.17) is 0 Å². The fourth-order valence-electron chi connectivity index (χ4n) is 1.76. The predicted octanol–water partition coefficient (Wildman–Crippen LogP) is 0.468. The van der Waals surface area contributed by atoms with Gasteiger partial charge in [-0.2, -0.15) is 0 Å². The largest absolute Gasteiger partial charge is 0.244 e. The van der Waals surface area contributed by atoms with Gasteiger partial charge in [-0.15, -0.1) is 0 Å². The molecule has 0 aliphatic heterocycles. The van der Waals surface area contributed by atoms with Crippen LogP contribution in [0.5, 0.6) is 0 Å². The molecule has 12 heavy (non-hydrogen) atoms. The maximum Gasteiger partial charge on any atom is 0.116 e. The van der Waals surface area contributed by atoms with Gasteiger partial charge in [0.15, 0.2) is 0 Å². The molecule has 0 radical (unpaired) electrons. The molecule has 1 unspecified atom stereocenters. The molecule has 0 saturated heterocycles. The molecule has 2 rings (SSSR count). The van der Waals surface area contributed by atoms with Gasteiger partial charge in [0.05, 0.1) is 5.35 Å². The Kier molecular flexibility index (Phi) is 1.68. The van der Waals surface area contributed by atoms with Gasteiger partial charge in [-0.1, -0.05) is 13.0 Å². The smallest absolute Gasteiger partial charge is 0.116 e. The molecular weight excluding hydrogens is 148 g/mol. The number of fused-ring (bicyclic) bond motifs is 1. The number of hydrogen-bond donors (Lipinski definition) is 0. The van der Waals surface area contributed by atoms with E-state index < -0.39 is 0 Å². The summed E-state index contributed by atoms with van der Waals surface area (Å²) in [4.78, 5) is 8.27. The van der Waals surface area contributed by atoms with Crippen molar-refractivity contribution in [1.82, 2.24) is 9.97 Å². The van der Waals surface area contributed by atoms with Crippen LogP contribution >= 0.6 is 0 Å². The van der Waals surface area contributed by atoms with Gasteiger partial charge in [-0.3, -0.25) is 0 Å². The normalized spacial score (nSPS) is 21.5. The Bertz CT molecular complexity index is 406. The quantitative estimate of drug-likeness (QED) is 0.551. The van der Waals surface area contributed by atoms with Crippen LogP contribution in [0.15, 0.2) is 12.5 Å². The first-order chi connectivity index (χ1) is 5.77. The van der Waals surface area contributed by atoms with E-state index >= 15 is 0 Å². The molecule has 0 saturated carbocycles. The van der Waals surface area contributed by atoms with Crippen LogP contribution in [-0.2, 0) is 0 Å². The van der Waals surface area contributed by atoms with E-state index in [-0.39, 0.29) is 0 Å². The third kappa shape index (κ3) is 1.13. The van der Waals surface area contributed by atoms with Gasteiger partial charge in [-0.25, -0.2) is 9.97 Å². The maximum absolute atomic E-state index is 4.26. The van der Waals surface area contributed by atoms with Crippen LogP contribution < -0.4 is 10.6 Å². The summed E-state index contributed by atoms with van der Waals surface area (Å²) >= 11 is 0. The molecule has 1 aliphatic rings. The van der Waals surface area contributed by atoms with E-state index in [0.29, 0.717) is 5.92 Å². The molecule has 1 aromatic rings. The minimum Gasteiger partial charge on any atom is -0.244 e. The zero-order valence-corrected chi connectivity index (χ0v) is 7.41. The molecule has 0 spiro atoms. The lowest BCUT2D eigenvalue weighted by molar-refractivity contribution is 0.773. The predicted molar refractivity (Wildman–Crippen MR) is 48.6 cm³/mol. The van der Waals surface area contributed by atoms with Crippen molar-refractivity contribution >= 4 is 11.6 Å². The van der Waals surface area contributed by atoms with Gasteiger partial charge in [0.2, 0.25) is 0 Å². The summed E-state index contributed by atoms with van der Waals surface area (Å²) in [7, 11) is 0. The highest BCUT2D eigenvalue weighted by molar-refractivity contribution is 5.47. The lowest BCUT2D eigenvalue weighted by Crippen LogP contribution is -2.34. The minimum atomic E-state index is 0.628. The first-order valence-electron chi connectivity index (χ1n) is 4.25. The molecule has 1 aliphatic carbocycles. The third-order valence-corrected chi connectivity index (χ3v) is 2.24. The molecule has 1 aromatic heterocycles. The Morgan fingerprint density at radius 2 is 2.33 bits per heavy atom. The average Bonchev–Trinajstić information content (AvgIpc) is 2.04. The van der Waals surface area contributed by atoms with Crippen LogP contribution in [0.4, 0.5) is 0 Å². The summed E-state index contributed by atoms with van der Waals surface area (Å²) in [6.45, 7) is 4.37. The van der Waals surface area contributed by atoms with Crippen LogP contribution in [0.2, 0.25) is 0 Å². The summed E-state index contributed by atoms with van der Waals surface area (Å²) in [6, 6.07) is 0. The summed E-state index contributed by atoms with van der Waals surface area (Å²) in [5.74, 6) is 0.628. The number of nitrogens with zero attached hydrogens (tertiary/aromatic N) is 2. The molecule has 0 fully saturated rings. The van der Waals surface area contributed by atoms with Gasteiger partial charge in [0.1, 0.15) is 6.33 Å². The zero-order valence-electron chi connectivity index (χ0n) is 7.41. The fraction of sp³-hybridized carbons (Fsp3) is 0.400. The number of rotatable bonds is 0. The second-order valence-electron chi connectivity index (χ2n) is 3.46. The molecule has 62 valence electrons. The molecule has 0 N–H and O–H groups in total. The first kappa shape index (κ1) is 7.47. The highest BCUT2D eigenvalue weighted by Gasteiger charge is 2.06. The Balaban J connectivity index is 2.81. The van der Waals surface area contributed by atoms with Gasteiger partial charge in [0.25, 0.3) is 0 Å². The molecular formula is C10H12N2. The van der Waals surface area contributed by atoms with E-state index in [2.05, 4.69) is 29.9 Å². The molecule has 0 aromatic carbocycles. The van der Waals surface area contributed by atoms with Crippen molar-refractivity contribution in [1.29, 1.82) is 0 Å². The van der Waals surface area contributed by atoms with E-state index in [1.54, 1.807) is 6.33 Å². The van der Waals surface area contributed by atoms with Crippen molar-refractivity contribution in [2.75, 3.05) is 0 Å². The van der Waals surface area contributed by atoms with Crippen molar-refractivity contribution in [3.05, 3.63) is 23.1 Å². The Hall–Kier alpha value is -1.18. The topological polar surface area (TPSA) is 25.8 Å². The van der Waals surface area contributed by atoms with Gasteiger partial charge in [-0.05, 0) is 24.8 Å². The van der Waals surface area contributed by atoms with Crippen LogP contribution in [0.1, 0.15) is 20.3 Å². The Labute approximate surface area is 71.7 Å². The average molecular weight is 160 g/mol. The standard InChI is InChI=1S/C10H12N2/c1-7-3-8(2)10-9(4-7)5-11-6-12-10/h4-7H,3H2,1-2H3. The SMILES string of the molecule is CC1=c2ncncc2=CC(C)C1. The minimum absolute atomic E-state index is 0.628. The summed E-state index contributed by atoms with van der Waals surface area (Å²) < 4.78 is 0. The number of aromatic nitrogens is 2. The Morgan fingerprint density at radius 3 is 3.17 bits per heavy atom. The summed E-state index contributed by atoms with van der Waals surface area (Å²) in [5, 5.41) is 2.32. The first-order valence-corrected chi connectivity index (χ1v) is 4.25. The molecule has 0 amide bonds. The van der Waals surface area contributed by atoms with E-state index in [1.165, 1.54) is 10.8 Å². The second-order valence-corrected chi connectivity index (χ2v) is 3.46. The summed E-state index contributed by atoms with van der Waals surface area (Å²) in [6.07, 6.45) is 6.88. The van der Waals surface area contributed by atoms with Crippen molar-refractivity contribution in [2.45, 2.75) is 20.3 Å². The lowest BCUT2D eigenvalue weighted by Gasteiger charge is -2.10. The van der Waals surface area contributed by atoms with Gasteiger partial charge in [0, 0.05) is 11.4 Å². The van der Waals surface area contributed by atoms with Crippen LogP contribution in [0.25, 0.3) is 11.6 Å². The van der Waals surface area contributed by atoms with Crippen molar-refractivity contribution in [3.63, 3.8) is 0 Å². The Morgan fingerprint density at radius 1 is 1.50 bits per heavy atom. The molecule has 0 bridgehead atoms. The highest BCUT2D eigenvalue weighted by Crippen LogP contribution is 2.12. The zero-order chi connectivity index (χ0) is 8.55.